The van der Waals surface area contributed by atoms with Gasteiger partial charge in [0.05, 0.1) is 0 Å². The predicted octanol–water partition coefficient (Wildman–Crippen LogP) is 2.00. The molecule has 0 saturated carbocycles. The molecule has 2 nitrogen and oxygen atoms in total. The van der Waals surface area contributed by atoms with E-state index in [0.29, 0.717) is 13.0 Å². The van der Waals surface area contributed by atoms with Crippen LogP contribution in [-0.2, 0) is 0 Å². The molecule has 4 heteroatoms. The van der Waals surface area contributed by atoms with E-state index < -0.39 is 11.6 Å². The normalized spacial score (nSPS) is 12.8. The van der Waals surface area contributed by atoms with Crippen LogP contribution >= 0.6 is 0 Å². The quantitative estimate of drug-likeness (QED) is 0.787. The van der Waals surface area contributed by atoms with Gasteiger partial charge in [0.25, 0.3) is 0 Å². The lowest BCUT2D eigenvalue weighted by Crippen LogP contribution is -2.23. The van der Waals surface area contributed by atoms with Gasteiger partial charge in [0.1, 0.15) is 0 Å². The third-order valence-corrected chi connectivity index (χ3v) is 2.23. The average Bonchev–Trinajstić information content (AvgIpc) is 2.22. The van der Waals surface area contributed by atoms with Crippen molar-refractivity contribution in [2.24, 2.45) is 0 Å². The van der Waals surface area contributed by atoms with Crippen molar-refractivity contribution in [2.45, 2.75) is 19.4 Å². The minimum absolute atomic E-state index is 0.0619. The fraction of sp³-hybridized carbons (Fsp3) is 0.455. The second-order valence-corrected chi connectivity index (χ2v) is 3.27. The fourth-order valence-corrected chi connectivity index (χ4v) is 1.53. The Hall–Kier alpha value is -1.00. The van der Waals surface area contributed by atoms with Gasteiger partial charge in [-0.1, -0.05) is 19.1 Å². The zero-order chi connectivity index (χ0) is 11.3. The molecule has 0 saturated heterocycles. The Morgan fingerprint density at radius 2 is 2.13 bits per heavy atom. The zero-order valence-electron chi connectivity index (χ0n) is 8.63. The Bertz CT molecular complexity index is 311. The number of aliphatic hydroxyl groups is 1. The molecule has 84 valence electrons. The van der Waals surface area contributed by atoms with E-state index in [9.17, 15) is 8.78 Å². The summed E-state index contributed by atoms with van der Waals surface area (Å²) in [5.41, 5.74) is 0.269. The minimum Gasteiger partial charge on any atom is -0.396 e. The predicted molar refractivity (Wildman–Crippen MR) is 54.5 cm³/mol. The van der Waals surface area contributed by atoms with Crippen LogP contribution in [0.15, 0.2) is 18.2 Å². The molecule has 1 unspecified atom stereocenters. The van der Waals surface area contributed by atoms with E-state index in [1.807, 2.05) is 6.92 Å². The summed E-state index contributed by atoms with van der Waals surface area (Å²) in [5, 5.41) is 11.8. The Kier molecular flexibility index (Phi) is 4.65. The van der Waals surface area contributed by atoms with Gasteiger partial charge >= 0.3 is 0 Å². The summed E-state index contributed by atoms with van der Waals surface area (Å²) in [4.78, 5) is 0. The summed E-state index contributed by atoms with van der Waals surface area (Å²) in [6.07, 6.45) is 0.369. The SMILES string of the molecule is CCNC(CCO)c1cccc(F)c1F. The lowest BCUT2D eigenvalue weighted by Gasteiger charge is -2.17. The van der Waals surface area contributed by atoms with E-state index in [-0.39, 0.29) is 18.2 Å². The van der Waals surface area contributed by atoms with Gasteiger partial charge in [0.2, 0.25) is 0 Å². The maximum Gasteiger partial charge on any atom is 0.163 e. The molecule has 1 aromatic carbocycles. The first-order valence-corrected chi connectivity index (χ1v) is 4.98. The Morgan fingerprint density at radius 1 is 1.40 bits per heavy atom. The van der Waals surface area contributed by atoms with Crippen LogP contribution in [-0.4, -0.2) is 18.3 Å². The van der Waals surface area contributed by atoms with Crippen LogP contribution in [0, 0.1) is 11.6 Å². The lowest BCUT2D eigenvalue weighted by molar-refractivity contribution is 0.264. The molecule has 0 amide bonds. The molecule has 0 radical (unpaired) electrons. The number of halogens is 2. The molecule has 0 spiro atoms. The second kappa shape index (κ2) is 5.78. The van der Waals surface area contributed by atoms with Gasteiger partial charge in [-0.15, -0.1) is 0 Å². The van der Waals surface area contributed by atoms with E-state index in [1.165, 1.54) is 12.1 Å². The Labute approximate surface area is 87.9 Å². The highest BCUT2D eigenvalue weighted by Gasteiger charge is 2.16. The van der Waals surface area contributed by atoms with Crippen molar-refractivity contribution in [1.82, 2.24) is 5.32 Å². The molecule has 1 rings (SSSR count). The average molecular weight is 215 g/mol. The number of nitrogens with one attached hydrogen (secondary N) is 1. The van der Waals surface area contributed by atoms with Crippen LogP contribution in [0.4, 0.5) is 8.78 Å². The van der Waals surface area contributed by atoms with Gasteiger partial charge in [-0.2, -0.15) is 0 Å². The topological polar surface area (TPSA) is 32.3 Å². The molecule has 0 aliphatic heterocycles. The van der Waals surface area contributed by atoms with Gasteiger partial charge < -0.3 is 10.4 Å². The van der Waals surface area contributed by atoms with Gasteiger partial charge in [-0.3, -0.25) is 0 Å². The molecule has 0 fully saturated rings. The summed E-state index contributed by atoms with van der Waals surface area (Å²) in [5.74, 6) is -1.69. The standard InChI is InChI=1S/C11H15F2NO/c1-2-14-10(6-7-15)8-4-3-5-9(12)11(8)13/h3-5,10,14-15H,2,6-7H2,1H3. The number of benzene rings is 1. The van der Waals surface area contributed by atoms with Crippen LogP contribution in [0.1, 0.15) is 24.9 Å². The number of aliphatic hydroxyl groups excluding tert-OH is 1. The molecule has 2 N–H and O–H groups in total. The van der Waals surface area contributed by atoms with Crippen molar-refractivity contribution in [3.05, 3.63) is 35.4 Å². The van der Waals surface area contributed by atoms with Crippen LogP contribution in [0.25, 0.3) is 0 Å². The molecule has 0 aliphatic carbocycles. The molecular formula is C11H15F2NO. The first-order valence-electron chi connectivity index (χ1n) is 4.98. The summed E-state index contributed by atoms with van der Waals surface area (Å²) < 4.78 is 26.4. The third kappa shape index (κ3) is 2.97. The monoisotopic (exact) mass is 215 g/mol. The molecule has 1 atom stereocenters. The van der Waals surface area contributed by atoms with Gasteiger partial charge in [0.15, 0.2) is 11.6 Å². The number of hydrogen-bond acceptors (Lipinski definition) is 2. The van der Waals surface area contributed by atoms with E-state index in [0.717, 1.165) is 6.07 Å². The summed E-state index contributed by atoms with van der Waals surface area (Å²) in [6.45, 7) is 2.45. The maximum atomic E-state index is 13.4. The Morgan fingerprint density at radius 3 is 2.73 bits per heavy atom. The largest absolute Gasteiger partial charge is 0.396 e. The summed E-state index contributed by atoms with van der Waals surface area (Å²) in [6, 6.07) is 3.74. The molecule has 0 bridgehead atoms. The molecule has 0 aromatic heterocycles. The summed E-state index contributed by atoms with van der Waals surface area (Å²) >= 11 is 0. The van der Waals surface area contributed by atoms with Crippen molar-refractivity contribution in [3.63, 3.8) is 0 Å². The molecule has 0 aliphatic rings. The first kappa shape index (κ1) is 12.1. The van der Waals surface area contributed by atoms with Crippen molar-refractivity contribution in [1.29, 1.82) is 0 Å². The third-order valence-electron chi connectivity index (χ3n) is 2.23. The van der Waals surface area contributed by atoms with Gasteiger partial charge in [-0.05, 0) is 19.0 Å². The van der Waals surface area contributed by atoms with E-state index in [4.69, 9.17) is 5.11 Å². The maximum absolute atomic E-state index is 13.4. The van der Waals surface area contributed by atoms with Crippen molar-refractivity contribution >= 4 is 0 Å². The van der Waals surface area contributed by atoms with Crippen molar-refractivity contribution in [3.8, 4) is 0 Å². The second-order valence-electron chi connectivity index (χ2n) is 3.27. The van der Waals surface area contributed by atoms with Crippen LogP contribution in [0.3, 0.4) is 0 Å². The zero-order valence-corrected chi connectivity index (χ0v) is 8.63. The minimum atomic E-state index is -0.853. The number of rotatable bonds is 5. The lowest BCUT2D eigenvalue weighted by atomic mass is 10.0. The summed E-state index contributed by atoms with van der Waals surface area (Å²) in [7, 11) is 0. The first-order chi connectivity index (χ1) is 7.20. The van der Waals surface area contributed by atoms with Gasteiger partial charge in [-0.25, -0.2) is 8.78 Å². The van der Waals surface area contributed by atoms with Crippen molar-refractivity contribution in [2.75, 3.05) is 13.2 Å². The molecule has 15 heavy (non-hydrogen) atoms. The van der Waals surface area contributed by atoms with E-state index >= 15 is 0 Å². The fourth-order valence-electron chi connectivity index (χ4n) is 1.53. The van der Waals surface area contributed by atoms with Crippen LogP contribution in [0.2, 0.25) is 0 Å². The Balaban J connectivity index is 2.94. The highest BCUT2D eigenvalue weighted by molar-refractivity contribution is 5.22. The number of hydrogen-bond donors (Lipinski definition) is 2. The van der Waals surface area contributed by atoms with E-state index in [2.05, 4.69) is 5.32 Å². The smallest absolute Gasteiger partial charge is 0.163 e. The van der Waals surface area contributed by atoms with Gasteiger partial charge in [0, 0.05) is 18.2 Å². The van der Waals surface area contributed by atoms with Crippen LogP contribution < -0.4 is 5.32 Å². The molecular weight excluding hydrogens is 200 g/mol. The highest BCUT2D eigenvalue weighted by Crippen LogP contribution is 2.21. The molecule has 1 aromatic rings. The molecule has 0 heterocycles. The van der Waals surface area contributed by atoms with Crippen molar-refractivity contribution < 1.29 is 13.9 Å². The van der Waals surface area contributed by atoms with E-state index in [1.54, 1.807) is 0 Å². The van der Waals surface area contributed by atoms with Crippen LogP contribution in [0.5, 0.6) is 0 Å². The highest BCUT2D eigenvalue weighted by atomic mass is 19.2.